The molecule has 0 N–H and O–H groups in total. The van der Waals surface area contributed by atoms with Gasteiger partial charge in [0.05, 0.1) is 24.4 Å². The largest absolute Gasteiger partial charge is 0.493 e. The van der Waals surface area contributed by atoms with Gasteiger partial charge in [0, 0.05) is 25.8 Å². The minimum absolute atomic E-state index is 0.00823. The molecule has 1 aromatic heterocycles. The molecule has 2 aliphatic heterocycles. The van der Waals surface area contributed by atoms with E-state index in [-0.39, 0.29) is 24.5 Å². The van der Waals surface area contributed by atoms with Gasteiger partial charge in [-0.15, -0.1) is 0 Å². The number of aryl methyl sites for hydroxylation is 1. The second kappa shape index (κ2) is 9.32. The zero-order valence-electron chi connectivity index (χ0n) is 18.0. The predicted octanol–water partition coefficient (Wildman–Crippen LogP) is 2.77. The van der Waals surface area contributed by atoms with E-state index in [4.69, 9.17) is 9.47 Å². The Morgan fingerprint density at radius 1 is 1.10 bits per heavy atom. The third-order valence-electron chi connectivity index (χ3n) is 5.91. The number of likely N-dealkylation sites (tertiary alicyclic amines) is 2. The van der Waals surface area contributed by atoms with E-state index in [1.165, 1.54) is 0 Å². The molecule has 2 aliphatic rings. The van der Waals surface area contributed by atoms with Crippen LogP contribution >= 0.6 is 0 Å². The number of hydrogen-bond donors (Lipinski definition) is 0. The molecule has 31 heavy (non-hydrogen) atoms. The van der Waals surface area contributed by atoms with Gasteiger partial charge < -0.3 is 19.3 Å². The highest BCUT2D eigenvalue weighted by atomic mass is 16.5. The number of benzene rings is 1. The average Bonchev–Trinajstić information content (AvgIpc) is 3.49. The molecule has 3 heterocycles. The molecule has 0 bridgehead atoms. The van der Waals surface area contributed by atoms with Crippen molar-refractivity contribution >= 4 is 11.8 Å². The van der Waals surface area contributed by atoms with Gasteiger partial charge >= 0.3 is 0 Å². The normalized spacial score (nSPS) is 18.3. The number of hydrogen-bond acceptors (Lipinski definition) is 6. The molecular formula is C23H28N4O4. The number of nitrogens with zero attached hydrogens (tertiary/aromatic N) is 4. The second-order valence-electron chi connectivity index (χ2n) is 7.91. The van der Waals surface area contributed by atoms with Crippen LogP contribution in [0.15, 0.2) is 30.5 Å². The van der Waals surface area contributed by atoms with Crippen LogP contribution in [0.2, 0.25) is 0 Å². The van der Waals surface area contributed by atoms with Crippen molar-refractivity contribution in [1.29, 1.82) is 0 Å². The zero-order chi connectivity index (χ0) is 21.8. The van der Waals surface area contributed by atoms with Crippen molar-refractivity contribution in [1.82, 2.24) is 19.8 Å². The Labute approximate surface area is 182 Å². The molecule has 0 saturated carbocycles. The van der Waals surface area contributed by atoms with Crippen LogP contribution in [0.1, 0.15) is 53.6 Å². The first-order chi connectivity index (χ1) is 15.1. The van der Waals surface area contributed by atoms with Gasteiger partial charge in [0.2, 0.25) is 0 Å². The lowest BCUT2D eigenvalue weighted by Gasteiger charge is -2.24. The van der Waals surface area contributed by atoms with Gasteiger partial charge in [-0.05, 0) is 44.7 Å². The third kappa shape index (κ3) is 4.47. The number of amides is 2. The van der Waals surface area contributed by atoms with Crippen LogP contribution in [-0.4, -0.2) is 64.9 Å². The molecule has 1 aromatic carbocycles. The van der Waals surface area contributed by atoms with Crippen molar-refractivity contribution in [3.8, 4) is 11.5 Å². The van der Waals surface area contributed by atoms with Crippen molar-refractivity contribution in [2.75, 3.05) is 33.4 Å². The lowest BCUT2D eigenvalue weighted by Crippen LogP contribution is -2.35. The summed E-state index contributed by atoms with van der Waals surface area (Å²) in [4.78, 5) is 38.3. The van der Waals surface area contributed by atoms with E-state index < -0.39 is 0 Å². The molecule has 0 radical (unpaired) electrons. The van der Waals surface area contributed by atoms with Crippen LogP contribution < -0.4 is 9.47 Å². The van der Waals surface area contributed by atoms with Crippen LogP contribution in [0.5, 0.6) is 11.5 Å². The number of ether oxygens (including phenoxy) is 2. The highest BCUT2D eigenvalue weighted by Crippen LogP contribution is 2.31. The summed E-state index contributed by atoms with van der Waals surface area (Å²) in [7, 11) is 1.57. The monoisotopic (exact) mass is 424 g/mol. The fourth-order valence-electron chi connectivity index (χ4n) is 4.24. The minimum atomic E-state index is -0.205. The molecule has 2 amide bonds. The summed E-state index contributed by atoms with van der Waals surface area (Å²) in [6, 6.07) is 7.05. The SMILES string of the molecule is COc1ccccc1OCC(=O)N1CCCC1c1ncc(C(=O)N2CCCC2)c(C)n1. The first-order valence-electron chi connectivity index (χ1n) is 10.8. The number of methoxy groups -OCH3 is 1. The van der Waals surface area contributed by atoms with Crippen molar-refractivity contribution in [3.63, 3.8) is 0 Å². The van der Waals surface area contributed by atoms with Crippen LogP contribution in [0.25, 0.3) is 0 Å². The molecule has 0 aliphatic carbocycles. The lowest BCUT2D eigenvalue weighted by molar-refractivity contribution is -0.134. The van der Waals surface area contributed by atoms with Gasteiger partial charge in [-0.1, -0.05) is 12.1 Å². The summed E-state index contributed by atoms with van der Waals surface area (Å²) in [6.07, 6.45) is 5.37. The standard InChI is InChI=1S/C23H28N4O4/c1-16-17(23(29)26-11-5-6-12-26)14-24-22(25-16)18-8-7-13-27(18)21(28)15-31-20-10-4-3-9-19(20)30-2/h3-4,9-10,14,18H,5-8,11-13,15H2,1-2H3. The quantitative estimate of drug-likeness (QED) is 0.709. The Balaban J connectivity index is 1.44. The molecule has 1 unspecified atom stereocenters. The molecule has 8 heteroatoms. The van der Waals surface area contributed by atoms with Gasteiger partial charge in [-0.2, -0.15) is 0 Å². The van der Waals surface area contributed by atoms with Crippen molar-refractivity contribution in [2.45, 2.75) is 38.6 Å². The molecule has 8 nitrogen and oxygen atoms in total. The first kappa shape index (κ1) is 21.1. The summed E-state index contributed by atoms with van der Waals surface area (Å²) in [5.74, 6) is 1.58. The van der Waals surface area contributed by atoms with E-state index in [0.29, 0.717) is 35.1 Å². The van der Waals surface area contributed by atoms with Crippen molar-refractivity contribution in [2.24, 2.45) is 0 Å². The maximum Gasteiger partial charge on any atom is 0.261 e. The first-order valence-corrected chi connectivity index (χ1v) is 10.8. The summed E-state index contributed by atoms with van der Waals surface area (Å²) in [5.41, 5.74) is 1.20. The Kier molecular flexibility index (Phi) is 6.34. The summed E-state index contributed by atoms with van der Waals surface area (Å²) < 4.78 is 11.0. The average molecular weight is 425 g/mol. The maximum atomic E-state index is 12.9. The van der Waals surface area contributed by atoms with Crippen LogP contribution in [-0.2, 0) is 4.79 Å². The smallest absolute Gasteiger partial charge is 0.261 e. The Hall–Kier alpha value is -3.16. The van der Waals surface area contributed by atoms with Crippen molar-refractivity contribution < 1.29 is 19.1 Å². The number of para-hydroxylation sites is 2. The van der Waals surface area contributed by atoms with Gasteiger partial charge in [-0.25, -0.2) is 9.97 Å². The van der Waals surface area contributed by atoms with Crippen LogP contribution in [0.4, 0.5) is 0 Å². The zero-order valence-corrected chi connectivity index (χ0v) is 18.0. The Bertz CT molecular complexity index is 958. The number of rotatable bonds is 6. The molecular weight excluding hydrogens is 396 g/mol. The molecule has 4 rings (SSSR count). The summed E-state index contributed by atoms with van der Waals surface area (Å²) in [6.45, 7) is 3.96. The molecule has 0 spiro atoms. The lowest BCUT2D eigenvalue weighted by atomic mass is 10.1. The Morgan fingerprint density at radius 2 is 1.84 bits per heavy atom. The fraction of sp³-hybridized carbons (Fsp3) is 0.478. The van der Waals surface area contributed by atoms with E-state index in [0.717, 1.165) is 38.8 Å². The van der Waals surface area contributed by atoms with Crippen LogP contribution in [0.3, 0.4) is 0 Å². The van der Waals surface area contributed by atoms with Crippen LogP contribution in [0, 0.1) is 6.92 Å². The fourth-order valence-corrected chi connectivity index (χ4v) is 4.24. The molecule has 1 atom stereocenters. The van der Waals surface area contributed by atoms with E-state index >= 15 is 0 Å². The highest BCUT2D eigenvalue weighted by molar-refractivity contribution is 5.95. The predicted molar refractivity (Wildman–Crippen MR) is 114 cm³/mol. The molecule has 2 saturated heterocycles. The van der Waals surface area contributed by atoms with E-state index in [1.807, 2.05) is 24.0 Å². The number of carbonyl (C=O) groups is 2. The second-order valence-corrected chi connectivity index (χ2v) is 7.91. The summed E-state index contributed by atoms with van der Waals surface area (Å²) in [5, 5.41) is 0. The van der Waals surface area contributed by atoms with Gasteiger partial charge in [-0.3, -0.25) is 9.59 Å². The van der Waals surface area contributed by atoms with E-state index in [1.54, 1.807) is 30.3 Å². The van der Waals surface area contributed by atoms with Gasteiger partial charge in [0.25, 0.3) is 11.8 Å². The van der Waals surface area contributed by atoms with Gasteiger partial charge in [0.1, 0.15) is 0 Å². The van der Waals surface area contributed by atoms with Gasteiger partial charge in [0.15, 0.2) is 23.9 Å². The summed E-state index contributed by atoms with van der Waals surface area (Å²) >= 11 is 0. The topological polar surface area (TPSA) is 84.9 Å². The highest BCUT2D eigenvalue weighted by Gasteiger charge is 2.33. The molecule has 164 valence electrons. The minimum Gasteiger partial charge on any atom is -0.493 e. The van der Waals surface area contributed by atoms with Crippen molar-refractivity contribution in [3.05, 3.63) is 47.5 Å². The number of carbonyl (C=O) groups excluding carboxylic acids is 2. The van der Waals surface area contributed by atoms with E-state index in [2.05, 4.69) is 9.97 Å². The molecule has 2 fully saturated rings. The molecule has 2 aromatic rings. The third-order valence-corrected chi connectivity index (χ3v) is 5.91. The van der Waals surface area contributed by atoms with E-state index in [9.17, 15) is 9.59 Å². The Morgan fingerprint density at radius 3 is 2.55 bits per heavy atom. The maximum absolute atomic E-state index is 12.9. The number of aromatic nitrogens is 2.